The zero-order valence-corrected chi connectivity index (χ0v) is 11.9. The molecular formula is C15H26N2O2. The molecule has 1 aromatic heterocycles. The van der Waals surface area contributed by atoms with E-state index in [0.29, 0.717) is 12.5 Å². The second kappa shape index (κ2) is 7.65. The third kappa shape index (κ3) is 4.62. The van der Waals surface area contributed by atoms with E-state index in [1.54, 1.807) is 0 Å². The molecule has 0 aliphatic carbocycles. The fourth-order valence-electron chi connectivity index (χ4n) is 2.70. The first-order chi connectivity index (χ1) is 9.29. The second-order valence-electron chi connectivity index (χ2n) is 5.46. The summed E-state index contributed by atoms with van der Waals surface area (Å²) in [5.74, 6) is 0.999. The molecule has 0 spiro atoms. The lowest BCUT2D eigenvalue weighted by Gasteiger charge is -2.23. The summed E-state index contributed by atoms with van der Waals surface area (Å²) >= 11 is 0. The predicted molar refractivity (Wildman–Crippen MR) is 75.1 cm³/mol. The van der Waals surface area contributed by atoms with E-state index in [-0.39, 0.29) is 6.10 Å². The molecule has 4 nitrogen and oxygen atoms in total. The molecule has 108 valence electrons. The summed E-state index contributed by atoms with van der Waals surface area (Å²) in [6.07, 6.45) is 11.0. The first kappa shape index (κ1) is 14.5. The van der Waals surface area contributed by atoms with Gasteiger partial charge in [-0.25, -0.2) is 4.98 Å². The maximum absolute atomic E-state index is 10.1. The van der Waals surface area contributed by atoms with Crippen LogP contribution in [0.4, 0.5) is 0 Å². The van der Waals surface area contributed by atoms with Crippen LogP contribution in [0.25, 0.3) is 0 Å². The minimum absolute atomic E-state index is 0.302. The van der Waals surface area contributed by atoms with Crippen LogP contribution in [-0.2, 0) is 17.7 Å². The summed E-state index contributed by atoms with van der Waals surface area (Å²) in [6, 6.07) is 0. The zero-order valence-electron chi connectivity index (χ0n) is 11.9. The number of aromatic nitrogens is 2. The number of imidazole rings is 1. The number of rotatable bonds is 7. The number of nitrogens with zero attached hydrogens (tertiary/aromatic N) is 2. The fraction of sp³-hybridized carbons (Fsp3) is 0.800. The van der Waals surface area contributed by atoms with Gasteiger partial charge in [0.25, 0.3) is 0 Å². The third-order valence-corrected chi connectivity index (χ3v) is 3.78. The van der Waals surface area contributed by atoms with E-state index >= 15 is 0 Å². The Morgan fingerprint density at radius 1 is 1.53 bits per heavy atom. The summed E-state index contributed by atoms with van der Waals surface area (Å²) in [5, 5.41) is 10.1. The van der Waals surface area contributed by atoms with Gasteiger partial charge in [0.1, 0.15) is 5.82 Å². The van der Waals surface area contributed by atoms with Crippen molar-refractivity contribution in [2.75, 3.05) is 6.61 Å². The highest BCUT2D eigenvalue weighted by molar-refractivity contribution is 4.94. The molecule has 2 atom stereocenters. The Kier molecular flexibility index (Phi) is 5.86. The zero-order chi connectivity index (χ0) is 13.5. The molecule has 2 unspecified atom stereocenters. The summed E-state index contributed by atoms with van der Waals surface area (Å²) in [5.41, 5.74) is 0. The van der Waals surface area contributed by atoms with Crippen LogP contribution in [0, 0.1) is 0 Å². The van der Waals surface area contributed by atoms with E-state index in [2.05, 4.69) is 16.5 Å². The summed E-state index contributed by atoms with van der Waals surface area (Å²) in [6.45, 7) is 4.02. The molecule has 0 saturated carbocycles. The molecule has 1 fully saturated rings. The molecule has 19 heavy (non-hydrogen) atoms. The van der Waals surface area contributed by atoms with Gasteiger partial charge in [-0.2, -0.15) is 0 Å². The molecule has 1 saturated heterocycles. The monoisotopic (exact) mass is 266 g/mol. The molecule has 0 bridgehead atoms. The van der Waals surface area contributed by atoms with Crippen LogP contribution in [0.5, 0.6) is 0 Å². The molecule has 1 aliphatic heterocycles. The first-order valence-corrected chi connectivity index (χ1v) is 7.59. The average Bonchev–Trinajstić information content (AvgIpc) is 2.85. The summed E-state index contributed by atoms with van der Waals surface area (Å²) in [4.78, 5) is 4.34. The van der Waals surface area contributed by atoms with Crippen LogP contribution in [0.1, 0.15) is 51.3 Å². The Labute approximate surface area is 115 Å². The van der Waals surface area contributed by atoms with Gasteiger partial charge in [-0.1, -0.05) is 6.92 Å². The van der Waals surface area contributed by atoms with Crippen LogP contribution >= 0.6 is 0 Å². The normalized spacial score (nSPS) is 21.5. The number of aliphatic hydroxyl groups excluding tert-OH is 1. The lowest BCUT2D eigenvalue weighted by Crippen LogP contribution is -2.22. The van der Waals surface area contributed by atoms with E-state index in [1.807, 2.05) is 12.4 Å². The van der Waals surface area contributed by atoms with Crippen LogP contribution < -0.4 is 0 Å². The van der Waals surface area contributed by atoms with Crippen LogP contribution in [0.3, 0.4) is 0 Å². The largest absolute Gasteiger partial charge is 0.393 e. The highest BCUT2D eigenvalue weighted by atomic mass is 16.5. The lowest BCUT2D eigenvalue weighted by molar-refractivity contribution is 0.00217. The van der Waals surface area contributed by atoms with Crippen molar-refractivity contribution in [1.82, 2.24) is 9.55 Å². The van der Waals surface area contributed by atoms with Crippen LogP contribution in [0.2, 0.25) is 0 Å². The van der Waals surface area contributed by atoms with Crippen molar-refractivity contribution in [2.24, 2.45) is 0 Å². The predicted octanol–water partition coefficient (Wildman–Crippen LogP) is 2.55. The number of hydrogen-bond donors (Lipinski definition) is 1. The van der Waals surface area contributed by atoms with Gasteiger partial charge in [-0.3, -0.25) is 0 Å². The molecule has 2 heterocycles. The average molecular weight is 266 g/mol. The van der Waals surface area contributed by atoms with Crippen molar-refractivity contribution >= 4 is 0 Å². The minimum atomic E-state index is -0.302. The van der Waals surface area contributed by atoms with Gasteiger partial charge in [0.2, 0.25) is 0 Å². The number of ether oxygens (including phenoxy) is 1. The second-order valence-corrected chi connectivity index (χ2v) is 5.46. The first-order valence-electron chi connectivity index (χ1n) is 7.59. The van der Waals surface area contributed by atoms with Gasteiger partial charge in [0, 0.05) is 32.0 Å². The van der Waals surface area contributed by atoms with Crippen molar-refractivity contribution < 1.29 is 9.84 Å². The third-order valence-electron chi connectivity index (χ3n) is 3.78. The Morgan fingerprint density at radius 2 is 2.42 bits per heavy atom. The van der Waals surface area contributed by atoms with Crippen LogP contribution in [-0.4, -0.2) is 33.5 Å². The SMILES string of the molecule is CCCn1ccnc1CC(O)CCC1CCCCO1. The lowest BCUT2D eigenvalue weighted by atomic mass is 10.0. The van der Waals surface area contributed by atoms with Gasteiger partial charge >= 0.3 is 0 Å². The Morgan fingerprint density at radius 3 is 3.16 bits per heavy atom. The molecule has 1 aromatic rings. The Hall–Kier alpha value is -0.870. The van der Waals surface area contributed by atoms with E-state index in [1.165, 1.54) is 12.8 Å². The smallest absolute Gasteiger partial charge is 0.111 e. The van der Waals surface area contributed by atoms with Crippen molar-refractivity contribution in [3.05, 3.63) is 18.2 Å². The van der Waals surface area contributed by atoms with Crippen molar-refractivity contribution in [1.29, 1.82) is 0 Å². The number of hydrogen-bond acceptors (Lipinski definition) is 3. The summed E-state index contributed by atoms with van der Waals surface area (Å²) in [7, 11) is 0. The van der Waals surface area contributed by atoms with Crippen molar-refractivity contribution in [3.63, 3.8) is 0 Å². The van der Waals surface area contributed by atoms with Crippen LogP contribution in [0.15, 0.2) is 12.4 Å². The standard InChI is InChI=1S/C15H26N2O2/c1-2-9-17-10-8-16-15(17)12-13(18)6-7-14-5-3-4-11-19-14/h8,10,13-14,18H,2-7,9,11-12H2,1H3. The van der Waals surface area contributed by atoms with Crippen molar-refractivity contribution in [3.8, 4) is 0 Å². The number of aryl methyl sites for hydroxylation is 1. The molecule has 0 radical (unpaired) electrons. The van der Waals surface area contributed by atoms with E-state index in [0.717, 1.165) is 44.7 Å². The summed E-state index contributed by atoms with van der Waals surface area (Å²) < 4.78 is 7.83. The molecule has 2 rings (SSSR count). The topological polar surface area (TPSA) is 47.3 Å². The molecule has 1 N–H and O–H groups in total. The van der Waals surface area contributed by atoms with Gasteiger partial charge in [-0.05, 0) is 38.5 Å². The molecular weight excluding hydrogens is 240 g/mol. The Bertz CT molecular complexity index is 359. The maximum Gasteiger partial charge on any atom is 0.111 e. The Balaban J connectivity index is 1.73. The van der Waals surface area contributed by atoms with Crippen molar-refractivity contribution in [2.45, 2.75) is 70.6 Å². The minimum Gasteiger partial charge on any atom is -0.393 e. The highest BCUT2D eigenvalue weighted by Gasteiger charge is 2.16. The maximum atomic E-state index is 10.1. The van der Waals surface area contributed by atoms with Gasteiger partial charge in [-0.15, -0.1) is 0 Å². The van der Waals surface area contributed by atoms with E-state index in [9.17, 15) is 5.11 Å². The quantitative estimate of drug-likeness (QED) is 0.825. The van der Waals surface area contributed by atoms with Gasteiger partial charge < -0.3 is 14.4 Å². The highest BCUT2D eigenvalue weighted by Crippen LogP contribution is 2.18. The molecule has 0 aromatic carbocycles. The molecule has 1 aliphatic rings. The number of aliphatic hydroxyl groups is 1. The van der Waals surface area contributed by atoms with E-state index < -0.39 is 0 Å². The van der Waals surface area contributed by atoms with Gasteiger partial charge in [0.05, 0.1) is 12.2 Å². The van der Waals surface area contributed by atoms with Gasteiger partial charge in [0.15, 0.2) is 0 Å². The van der Waals surface area contributed by atoms with E-state index in [4.69, 9.17) is 4.74 Å². The molecule has 4 heteroatoms. The fourth-order valence-corrected chi connectivity index (χ4v) is 2.70. The molecule has 0 amide bonds.